The van der Waals surface area contributed by atoms with E-state index in [0.29, 0.717) is 0 Å². The Kier molecular flexibility index (Phi) is 4.63. The molecule has 2 fully saturated rings. The second-order valence-electron chi connectivity index (χ2n) is 7.33. The van der Waals surface area contributed by atoms with Crippen molar-refractivity contribution in [2.24, 2.45) is 5.41 Å². The molecule has 2 aromatic rings. The highest BCUT2D eigenvalue weighted by atomic mass is 16.5. The zero-order chi connectivity index (χ0) is 17.3. The molecule has 1 saturated carbocycles. The Hall–Kier alpha value is -1.69. The summed E-state index contributed by atoms with van der Waals surface area (Å²) in [6.45, 7) is 5.71. The van der Waals surface area contributed by atoms with Crippen molar-refractivity contribution in [3.63, 3.8) is 0 Å². The van der Waals surface area contributed by atoms with Crippen molar-refractivity contribution in [1.29, 1.82) is 0 Å². The van der Waals surface area contributed by atoms with Crippen LogP contribution in [0.3, 0.4) is 0 Å². The van der Waals surface area contributed by atoms with Crippen molar-refractivity contribution in [2.45, 2.75) is 44.9 Å². The van der Waals surface area contributed by atoms with Gasteiger partial charge >= 0.3 is 0 Å². The molecule has 2 heterocycles. The number of hydrogen-bond donors (Lipinski definition) is 1. The highest BCUT2D eigenvalue weighted by Gasteiger charge is 2.55. The molecular weight excluding hydrogens is 314 g/mol. The highest BCUT2D eigenvalue weighted by molar-refractivity contribution is 5.30. The number of nitrogens with zero attached hydrogens (tertiary/aromatic N) is 3. The quantitative estimate of drug-likeness (QED) is 0.908. The molecule has 1 spiro atoms. The first kappa shape index (κ1) is 16.8. The number of aliphatic hydroxyl groups is 1. The van der Waals surface area contributed by atoms with Gasteiger partial charge in [0, 0.05) is 36.7 Å². The summed E-state index contributed by atoms with van der Waals surface area (Å²) < 4.78 is 7.79. The number of para-hydroxylation sites is 1. The van der Waals surface area contributed by atoms with E-state index in [1.54, 1.807) is 0 Å². The van der Waals surface area contributed by atoms with Crippen molar-refractivity contribution in [3.05, 3.63) is 48.3 Å². The molecule has 5 nitrogen and oxygen atoms in total. The third kappa shape index (κ3) is 3.12. The van der Waals surface area contributed by atoms with Gasteiger partial charge in [-0.2, -0.15) is 5.10 Å². The Morgan fingerprint density at radius 3 is 2.68 bits per heavy atom. The molecule has 1 aromatic carbocycles. The largest absolute Gasteiger partial charge is 0.392 e. The fourth-order valence-electron chi connectivity index (χ4n) is 4.37. The third-order valence-electron chi connectivity index (χ3n) is 5.96. The van der Waals surface area contributed by atoms with E-state index in [-0.39, 0.29) is 17.6 Å². The van der Waals surface area contributed by atoms with Crippen LogP contribution in [0.2, 0.25) is 0 Å². The van der Waals surface area contributed by atoms with Gasteiger partial charge in [0.15, 0.2) is 0 Å². The number of aliphatic hydroxyl groups excluding tert-OH is 1. The zero-order valence-electron chi connectivity index (χ0n) is 14.8. The minimum Gasteiger partial charge on any atom is -0.392 e. The summed E-state index contributed by atoms with van der Waals surface area (Å²) in [6.07, 6.45) is 6.97. The first-order valence-corrected chi connectivity index (χ1v) is 9.32. The molecule has 1 saturated heterocycles. The Labute approximate surface area is 149 Å². The molecule has 0 amide bonds. The van der Waals surface area contributed by atoms with Gasteiger partial charge in [0.2, 0.25) is 0 Å². The fraction of sp³-hybridized carbons (Fsp3) is 0.550. The summed E-state index contributed by atoms with van der Waals surface area (Å²) >= 11 is 0. The van der Waals surface area contributed by atoms with Gasteiger partial charge in [-0.05, 0) is 45.0 Å². The average Bonchev–Trinajstić information content (AvgIpc) is 3.11. The Bertz CT molecular complexity index is 690. The minimum absolute atomic E-state index is 0.000724. The summed E-state index contributed by atoms with van der Waals surface area (Å²) in [4.78, 5) is 2.46. The van der Waals surface area contributed by atoms with Gasteiger partial charge in [-0.1, -0.05) is 18.2 Å². The van der Waals surface area contributed by atoms with E-state index in [4.69, 9.17) is 4.74 Å². The molecule has 1 aliphatic heterocycles. The van der Waals surface area contributed by atoms with Gasteiger partial charge in [0.1, 0.15) is 0 Å². The third-order valence-corrected chi connectivity index (χ3v) is 5.96. The monoisotopic (exact) mass is 341 g/mol. The van der Waals surface area contributed by atoms with E-state index in [1.807, 2.05) is 36.0 Å². The predicted molar refractivity (Wildman–Crippen MR) is 96.5 cm³/mol. The molecule has 2 aliphatic rings. The Morgan fingerprint density at radius 2 is 2.00 bits per heavy atom. The van der Waals surface area contributed by atoms with Crippen LogP contribution in [0.15, 0.2) is 42.7 Å². The number of rotatable bonds is 5. The van der Waals surface area contributed by atoms with E-state index in [9.17, 15) is 5.11 Å². The van der Waals surface area contributed by atoms with Gasteiger partial charge in [-0.25, -0.2) is 4.68 Å². The maximum absolute atomic E-state index is 10.3. The highest BCUT2D eigenvalue weighted by Crippen LogP contribution is 2.51. The van der Waals surface area contributed by atoms with Crippen molar-refractivity contribution in [2.75, 3.05) is 19.7 Å². The first-order valence-electron chi connectivity index (χ1n) is 9.32. The van der Waals surface area contributed by atoms with Crippen LogP contribution < -0.4 is 0 Å². The van der Waals surface area contributed by atoms with Crippen LogP contribution in [0.25, 0.3) is 5.69 Å². The van der Waals surface area contributed by atoms with E-state index in [2.05, 4.69) is 28.3 Å². The van der Waals surface area contributed by atoms with Crippen LogP contribution in [-0.4, -0.2) is 51.7 Å². The smallest absolute Gasteiger partial charge is 0.0681 e. The minimum atomic E-state index is -0.188. The van der Waals surface area contributed by atoms with Crippen LogP contribution in [0.5, 0.6) is 0 Å². The van der Waals surface area contributed by atoms with Crippen molar-refractivity contribution in [3.8, 4) is 5.69 Å². The van der Waals surface area contributed by atoms with Crippen LogP contribution >= 0.6 is 0 Å². The maximum atomic E-state index is 10.3. The molecule has 1 aromatic heterocycles. The summed E-state index contributed by atoms with van der Waals surface area (Å²) in [5.74, 6) is 0. The standard InChI is InChI=1S/C20H27N3O2/c1-2-25-19-12-18(24)20(19)8-10-22(11-9-20)14-16-13-21-23(15-16)17-6-4-3-5-7-17/h3-7,13,15,18-19,24H,2,8-12,14H2,1H3. The number of benzene rings is 1. The summed E-state index contributed by atoms with van der Waals surface area (Å²) in [6, 6.07) is 10.2. The van der Waals surface area contributed by atoms with E-state index in [0.717, 1.165) is 51.2 Å². The molecule has 2 atom stereocenters. The molecule has 0 radical (unpaired) electrons. The Morgan fingerprint density at radius 1 is 1.24 bits per heavy atom. The van der Waals surface area contributed by atoms with Crippen LogP contribution in [-0.2, 0) is 11.3 Å². The molecule has 25 heavy (non-hydrogen) atoms. The Balaban J connectivity index is 1.36. The average molecular weight is 341 g/mol. The number of hydrogen-bond acceptors (Lipinski definition) is 4. The molecule has 1 N–H and O–H groups in total. The number of aromatic nitrogens is 2. The van der Waals surface area contributed by atoms with E-state index >= 15 is 0 Å². The summed E-state index contributed by atoms with van der Waals surface area (Å²) in [7, 11) is 0. The second-order valence-corrected chi connectivity index (χ2v) is 7.33. The lowest BCUT2D eigenvalue weighted by molar-refractivity contribution is -0.209. The molecule has 0 bridgehead atoms. The van der Waals surface area contributed by atoms with Crippen LogP contribution in [0.1, 0.15) is 31.7 Å². The van der Waals surface area contributed by atoms with Crippen LogP contribution in [0.4, 0.5) is 0 Å². The van der Waals surface area contributed by atoms with Gasteiger partial charge < -0.3 is 9.84 Å². The van der Waals surface area contributed by atoms with Crippen molar-refractivity contribution >= 4 is 0 Å². The summed E-state index contributed by atoms with van der Waals surface area (Å²) in [5.41, 5.74) is 2.32. The van der Waals surface area contributed by atoms with Crippen molar-refractivity contribution < 1.29 is 9.84 Å². The second kappa shape index (κ2) is 6.90. The predicted octanol–water partition coefficient (Wildman–Crippen LogP) is 2.62. The van der Waals surface area contributed by atoms with Gasteiger partial charge in [0.25, 0.3) is 0 Å². The fourth-order valence-corrected chi connectivity index (χ4v) is 4.37. The molecular formula is C20H27N3O2. The number of ether oxygens (including phenoxy) is 1. The summed E-state index contributed by atoms with van der Waals surface area (Å²) in [5, 5.41) is 14.8. The van der Waals surface area contributed by atoms with Crippen molar-refractivity contribution in [1.82, 2.24) is 14.7 Å². The zero-order valence-corrected chi connectivity index (χ0v) is 14.8. The van der Waals surface area contributed by atoms with Gasteiger partial charge in [-0.3, -0.25) is 4.90 Å². The first-order chi connectivity index (χ1) is 12.2. The molecule has 5 heteroatoms. The topological polar surface area (TPSA) is 50.5 Å². The van der Waals surface area contributed by atoms with Gasteiger partial charge in [0.05, 0.1) is 24.1 Å². The lowest BCUT2D eigenvalue weighted by Gasteiger charge is -2.56. The van der Waals surface area contributed by atoms with E-state index in [1.165, 1.54) is 5.56 Å². The lowest BCUT2D eigenvalue weighted by Crippen LogP contribution is -2.62. The van der Waals surface area contributed by atoms with Gasteiger partial charge in [-0.15, -0.1) is 0 Å². The molecule has 1 aliphatic carbocycles. The molecule has 134 valence electrons. The molecule has 2 unspecified atom stereocenters. The SMILES string of the molecule is CCOC1CC(O)C12CCN(Cc1cnn(-c3ccccc3)c1)CC2. The number of piperidine rings is 1. The normalized spacial score (nSPS) is 25.8. The molecule has 4 rings (SSSR count). The van der Waals surface area contributed by atoms with E-state index < -0.39 is 0 Å². The lowest BCUT2D eigenvalue weighted by atomic mass is 9.58. The van der Waals surface area contributed by atoms with Crippen LogP contribution in [0, 0.1) is 5.41 Å². The maximum Gasteiger partial charge on any atom is 0.0681 e. The number of likely N-dealkylation sites (tertiary alicyclic amines) is 1.